The molecule has 1 aromatic carbocycles. The average molecular weight is 369 g/mol. The fraction of sp³-hybridized carbons (Fsp3) is 0.467. The van der Waals surface area contributed by atoms with E-state index >= 15 is 0 Å². The molecule has 2 heterocycles. The lowest BCUT2D eigenvalue weighted by Gasteiger charge is -2.33. The number of anilines is 1. The Kier molecular flexibility index (Phi) is 4.64. The van der Waals surface area contributed by atoms with Gasteiger partial charge in [-0.2, -0.15) is 0 Å². The SMILES string of the molecule is CCOC(=O)N1CCN(c2nc3ccc(S(C)(=O)=O)cc3s2)CC1. The van der Waals surface area contributed by atoms with Crippen LogP contribution in [0.5, 0.6) is 0 Å². The number of amides is 1. The van der Waals surface area contributed by atoms with Crippen LogP contribution in [0.3, 0.4) is 0 Å². The lowest BCUT2D eigenvalue weighted by atomic mass is 10.3. The molecule has 130 valence electrons. The van der Waals surface area contributed by atoms with Crippen LogP contribution in [-0.2, 0) is 14.6 Å². The lowest BCUT2D eigenvalue weighted by Crippen LogP contribution is -2.48. The van der Waals surface area contributed by atoms with Crippen molar-refractivity contribution in [3.05, 3.63) is 18.2 Å². The highest BCUT2D eigenvalue weighted by Crippen LogP contribution is 2.31. The van der Waals surface area contributed by atoms with E-state index < -0.39 is 9.84 Å². The second-order valence-corrected chi connectivity index (χ2v) is 8.60. The zero-order valence-corrected chi connectivity index (χ0v) is 15.2. The van der Waals surface area contributed by atoms with Gasteiger partial charge < -0.3 is 14.5 Å². The first-order valence-corrected chi connectivity index (χ1v) is 10.4. The van der Waals surface area contributed by atoms with E-state index in [0.717, 1.165) is 15.3 Å². The van der Waals surface area contributed by atoms with Crippen molar-refractivity contribution in [2.75, 3.05) is 43.9 Å². The summed E-state index contributed by atoms with van der Waals surface area (Å²) in [4.78, 5) is 20.4. The predicted molar refractivity (Wildman–Crippen MR) is 93.5 cm³/mol. The summed E-state index contributed by atoms with van der Waals surface area (Å²) in [6.45, 7) is 4.70. The van der Waals surface area contributed by atoms with Crippen molar-refractivity contribution in [1.29, 1.82) is 0 Å². The monoisotopic (exact) mass is 369 g/mol. The van der Waals surface area contributed by atoms with Crippen LogP contribution in [0.1, 0.15) is 6.92 Å². The molecular formula is C15H19N3O4S2. The van der Waals surface area contributed by atoms with Gasteiger partial charge >= 0.3 is 6.09 Å². The number of thiazole rings is 1. The molecule has 9 heteroatoms. The maximum Gasteiger partial charge on any atom is 0.409 e. The molecule has 0 aliphatic carbocycles. The maximum atomic E-state index is 11.7. The van der Waals surface area contributed by atoms with E-state index in [1.54, 1.807) is 30.0 Å². The van der Waals surface area contributed by atoms with Gasteiger partial charge in [0.05, 0.1) is 21.7 Å². The van der Waals surface area contributed by atoms with Crippen LogP contribution < -0.4 is 4.90 Å². The number of ether oxygens (including phenoxy) is 1. The Balaban J connectivity index is 1.75. The van der Waals surface area contributed by atoms with Crippen LogP contribution in [0, 0.1) is 0 Å². The highest BCUT2D eigenvalue weighted by molar-refractivity contribution is 7.90. The highest BCUT2D eigenvalue weighted by Gasteiger charge is 2.24. The zero-order valence-electron chi connectivity index (χ0n) is 13.6. The molecule has 1 aliphatic heterocycles. The van der Waals surface area contributed by atoms with Crippen molar-refractivity contribution in [2.45, 2.75) is 11.8 Å². The third-order valence-electron chi connectivity index (χ3n) is 3.85. The number of piperazine rings is 1. The fourth-order valence-corrected chi connectivity index (χ4v) is 4.33. The molecule has 1 aliphatic rings. The van der Waals surface area contributed by atoms with Crippen LogP contribution in [0.4, 0.5) is 9.93 Å². The maximum absolute atomic E-state index is 11.7. The van der Waals surface area contributed by atoms with Gasteiger partial charge in [0.15, 0.2) is 15.0 Å². The topological polar surface area (TPSA) is 79.8 Å². The molecule has 0 saturated carbocycles. The number of fused-ring (bicyclic) bond motifs is 1. The molecule has 0 radical (unpaired) electrons. The Bertz CT molecular complexity index is 855. The second-order valence-electron chi connectivity index (χ2n) is 5.57. The largest absolute Gasteiger partial charge is 0.450 e. The molecule has 3 rings (SSSR count). The molecule has 24 heavy (non-hydrogen) atoms. The first kappa shape index (κ1) is 17.0. The van der Waals surface area contributed by atoms with Crippen LogP contribution in [0.25, 0.3) is 10.2 Å². The zero-order chi connectivity index (χ0) is 17.3. The van der Waals surface area contributed by atoms with Gasteiger partial charge in [0.1, 0.15) is 0 Å². The van der Waals surface area contributed by atoms with Crippen LogP contribution in [-0.4, -0.2) is 63.4 Å². The minimum absolute atomic E-state index is 0.278. The Hall–Kier alpha value is -1.87. The van der Waals surface area contributed by atoms with Crippen LogP contribution >= 0.6 is 11.3 Å². The van der Waals surface area contributed by atoms with Gasteiger partial charge in [-0.25, -0.2) is 18.2 Å². The summed E-state index contributed by atoms with van der Waals surface area (Å²) in [6.07, 6.45) is 0.921. The summed E-state index contributed by atoms with van der Waals surface area (Å²) in [5, 5.41) is 0.846. The van der Waals surface area contributed by atoms with Crippen molar-refractivity contribution in [1.82, 2.24) is 9.88 Å². The summed E-state index contributed by atoms with van der Waals surface area (Å²) in [6, 6.07) is 4.99. The Morgan fingerprint density at radius 1 is 1.29 bits per heavy atom. The number of benzene rings is 1. The van der Waals surface area contributed by atoms with Crippen molar-refractivity contribution in [3.8, 4) is 0 Å². The smallest absolute Gasteiger partial charge is 0.409 e. The van der Waals surface area contributed by atoms with E-state index in [4.69, 9.17) is 4.74 Å². The molecule has 0 unspecified atom stereocenters. The summed E-state index contributed by atoms with van der Waals surface area (Å²) >= 11 is 1.47. The second kappa shape index (κ2) is 6.56. The predicted octanol–water partition coefficient (Wildman–Crippen LogP) is 1.98. The van der Waals surface area contributed by atoms with Crippen molar-refractivity contribution in [3.63, 3.8) is 0 Å². The first-order chi connectivity index (χ1) is 11.4. The van der Waals surface area contributed by atoms with E-state index in [0.29, 0.717) is 37.7 Å². The molecule has 2 aromatic rings. The third-order valence-corrected chi connectivity index (χ3v) is 6.04. The molecule has 0 N–H and O–H groups in total. The lowest BCUT2D eigenvalue weighted by molar-refractivity contribution is 0.105. The minimum atomic E-state index is -3.22. The van der Waals surface area contributed by atoms with E-state index in [2.05, 4.69) is 9.88 Å². The molecular weight excluding hydrogens is 350 g/mol. The highest BCUT2D eigenvalue weighted by atomic mass is 32.2. The molecule has 0 bridgehead atoms. The molecule has 1 fully saturated rings. The number of carbonyl (C=O) groups excluding carboxylic acids is 1. The number of rotatable bonds is 3. The summed E-state index contributed by atoms with van der Waals surface area (Å²) in [5.41, 5.74) is 0.787. The number of aromatic nitrogens is 1. The van der Waals surface area contributed by atoms with Crippen molar-refractivity contribution in [2.24, 2.45) is 0 Å². The van der Waals surface area contributed by atoms with Crippen LogP contribution in [0.2, 0.25) is 0 Å². The van der Waals surface area contributed by atoms with Crippen LogP contribution in [0.15, 0.2) is 23.1 Å². The summed E-state index contributed by atoms with van der Waals surface area (Å²) in [7, 11) is -3.22. The normalized spacial score (nSPS) is 15.8. The number of hydrogen-bond donors (Lipinski definition) is 0. The van der Waals surface area contributed by atoms with E-state index in [9.17, 15) is 13.2 Å². The molecule has 7 nitrogen and oxygen atoms in total. The third kappa shape index (κ3) is 3.46. The van der Waals surface area contributed by atoms with Gasteiger partial charge in [-0.05, 0) is 25.1 Å². The van der Waals surface area contributed by atoms with E-state index in [-0.39, 0.29) is 6.09 Å². The van der Waals surface area contributed by atoms with Gasteiger partial charge in [-0.15, -0.1) is 0 Å². The number of hydrogen-bond acceptors (Lipinski definition) is 7. The minimum Gasteiger partial charge on any atom is -0.450 e. The van der Waals surface area contributed by atoms with Crippen molar-refractivity contribution >= 4 is 42.6 Å². The van der Waals surface area contributed by atoms with Gasteiger partial charge in [0.2, 0.25) is 0 Å². The average Bonchev–Trinajstić information content (AvgIpc) is 2.97. The molecule has 1 saturated heterocycles. The molecule has 1 amide bonds. The standard InChI is InChI=1S/C15H19N3O4S2/c1-3-22-15(19)18-8-6-17(7-9-18)14-16-12-5-4-11(24(2,20)21)10-13(12)23-14/h4-5,10H,3,6-9H2,1-2H3. The quantitative estimate of drug-likeness (QED) is 0.823. The molecule has 0 spiro atoms. The summed E-state index contributed by atoms with van der Waals surface area (Å²) in [5.74, 6) is 0. The van der Waals surface area contributed by atoms with Crippen molar-refractivity contribution < 1.29 is 17.9 Å². The number of carbonyl (C=O) groups is 1. The van der Waals surface area contributed by atoms with Gasteiger partial charge in [-0.3, -0.25) is 0 Å². The van der Waals surface area contributed by atoms with E-state index in [1.807, 2.05) is 0 Å². The number of sulfone groups is 1. The van der Waals surface area contributed by atoms with Gasteiger partial charge in [-0.1, -0.05) is 11.3 Å². The Morgan fingerprint density at radius 3 is 2.62 bits per heavy atom. The number of nitrogens with zero attached hydrogens (tertiary/aromatic N) is 3. The Labute approximate surface area is 144 Å². The fourth-order valence-electron chi connectivity index (χ4n) is 2.55. The Morgan fingerprint density at radius 2 is 2.00 bits per heavy atom. The van der Waals surface area contributed by atoms with Gasteiger partial charge in [0.25, 0.3) is 0 Å². The molecule has 1 aromatic heterocycles. The first-order valence-electron chi connectivity index (χ1n) is 7.66. The van der Waals surface area contributed by atoms with Gasteiger partial charge in [0, 0.05) is 32.4 Å². The summed E-state index contributed by atoms with van der Waals surface area (Å²) < 4.78 is 29.2. The molecule has 0 atom stereocenters. The van der Waals surface area contributed by atoms with E-state index in [1.165, 1.54) is 17.6 Å².